The first-order chi connectivity index (χ1) is 7.16. The van der Waals surface area contributed by atoms with Crippen LogP contribution in [0.2, 0.25) is 0 Å². The van der Waals surface area contributed by atoms with Gasteiger partial charge in [-0.25, -0.2) is 0 Å². The molecule has 1 heterocycles. The normalized spacial score (nSPS) is 35.8. The van der Waals surface area contributed by atoms with Gasteiger partial charge in [-0.05, 0) is 32.6 Å². The Kier molecular flexibility index (Phi) is 5.02. The second-order valence-electron chi connectivity index (χ2n) is 4.79. The molecule has 0 radical (unpaired) electrons. The molecule has 0 spiro atoms. The van der Waals surface area contributed by atoms with Crippen LogP contribution in [0.15, 0.2) is 0 Å². The molecule has 1 saturated heterocycles. The molecular formula is C11H21ClN2O2. The van der Waals surface area contributed by atoms with Crippen LogP contribution in [0, 0.1) is 0 Å². The number of carbonyl (C=O) groups is 1. The number of rotatable bonds is 1. The number of amides is 1. The van der Waals surface area contributed by atoms with E-state index >= 15 is 0 Å². The number of nitrogens with zero attached hydrogens (tertiary/aromatic N) is 1. The zero-order valence-corrected chi connectivity index (χ0v) is 10.5. The summed E-state index contributed by atoms with van der Waals surface area (Å²) >= 11 is 0. The summed E-state index contributed by atoms with van der Waals surface area (Å²) in [5.74, 6) is 0.217. The van der Waals surface area contributed by atoms with Crippen LogP contribution in [-0.4, -0.2) is 47.2 Å². The molecule has 0 aromatic rings. The number of nitrogens with one attached hydrogen (secondary N) is 1. The summed E-state index contributed by atoms with van der Waals surface area (Å²) in [7, 11) is 0. The number of hydrogen-bond acceptors (Lipinski definition) is 3. The third-order valence-electron chi connectivity index (χ3n) is 3.50. The highest BCUT2D eigenvalue weighted by Gasteiger charge is 2.31. The first-order valence-electron chi connectivity index (χ1n) is 5.87. The minimum Gasteiger partial charge on any atom is -0.393 e. The molecule has 16 heavy (non-hydrogen) atoms. The molecule has 2 fully saturated rings. The lowest BCUT2D eigenvalue weighted by Crippen LogP contribution is -2.57. The summed E-state index contributed by atoms with van der Waals surface area (Å²) in [5, 5.41) is 12.6. The van der Waals surface area contributed by atoms with Gasteiger partial charge in [0.25, 0.3) is 0 Å². The summed E-state index contributed by atoms with van der Waals surface area (Å²) in [6.07, 6.45) is 3.46. The molecule has 2 aliphatic rings. The van der Waals surface area contributed by atoms with Crippen molar-refractivity contribution >= 4 is 18.3 Å². The van der Waals surface area contributed by atoms with Crippen LogP contribution >= 0.6 is 12.4 Å². The number of aliphatic hydroxyl groups is 1. The lowest BCUT2D eigenvalue weighted by molar-refractivity contribution is -0.136. The van der Waals surface area contributed by atoms with Crippen molar-refractivity contribution in [3.05, 3.63) is 0 Å². The van der Waals surface area contributed by atoms with E-state index in [1.54, 1.807) is 0 Å². The maximum atomic E-state index is 11.7. The molecule has 2 rings (SSSR count). The fourth-order valence-corrected chi connectivity index (χ4v) is 2.55. The van der Waals surface area contributed by atoms with Crippen molar-refractivity contribution in [3.63, 3.8) is 0 Å². The molecule has 1 aliphatic carbocycles. The quantitative estimate of drug-likeness (QED) is 0.712. The van der Waals surface area contributed by atoms with Gasteiger partial charge in [0.1, 0.15) is 0 Å². The zero-order chi connectivity index (χ0) is 10.8. The molecule has 94 valence electrons. The van der Waals surface area contributed by atoms with Gasteiger partial charge in [0.15, 0.2) is 0 Å². The summed E-state index contributed by atoms with van der Waals surface area (Å²) in [6, 6.07) is 0.764. The van der Waals surface area contributed by atoms with E-state index in [-0.39, 0.29) is 24.4 Å². The minimum atomic E-state index is -0.142. The molecule has 1 aliphatic heterocycles. The number of piperazine rings is 1. The Labute approximate surface area is 103 Å². The topological polar surface area (TPSA) is 52.6 Å². The molecular weight excluding hydrogens is 228 g/mol. The third-order valence-corrected chi connectivity index (χ3v) is 3.50. The average Bonchev–Trinajstić information content (AvgIpc) is 2.23. The molecule has 5 heteroatoms. The number of hydrogen-bond donors (Lipinski definition) is 2. The Balaban J connectivity index is 0.00000128. The highest BCUT2D eigenvalue weighted by molar-refractivity contribution is 5.85. The van der Waals surface area contributed by atoms with Crippen molar-refractivity contribution in [2.24, 2.45) is 0 Å². The monoisotopic (exact) mass is 248 g/mol. The summed E-state index contributed by atoms with van der Waals surface area (Å²) in [6.45, 7) is 3.40. The Hall–Kier alpha value is -0.320. The van der Waals surface area contributed by atoms with E-state index in [9.17, 15) is 9.90 Å². The Bertz CT molecular complexity index is 242. The summed E-state index contributed by atoms with van der Waals surface area (Å²) in [5.41, 5.74) is 0. The third kappa shape index (κ3) is 3.09. The van der Waals surface area contributed by atoms with Crippen molar-refractivity contribution < 1.29 is 9.90 Å². The highest BCUT2D eigenvalue weighted by atomic mass is 35.5. The maximum Gasteiger partial charge on any atom is 0.236 e. The van der Waals surface area contributed by atoms with Crippen molar-refractivity contribution in [2.75, 3.05) is 13.1 Å². The average molecular weight is 249 g/mol. The predicted octanol–water partition coefficient (Wildman–Crippen LogP) is 0.532. The van der Waals surface area contributed by atoms with E-state index in [0.29, 0.717) is 18.6 Å². The lowest BCUT2D eigenvalue weighted by atomic mass is 9.91. The van der Waals surface area contributed by atoms with E-state index in [1.807, 2.05) is 4.90 Å². The first kappa shape index (κ1) is 13.7. The van der Waals surface area contributed by atoms with Crippen LogP contribution in [0.5, 0.6) is 0 Å². The van der Waals surface area contributed by atoms with Gasteiger partial charge in [-0.1, -0.05) is 0 Å². The molecule has 0 bridgehead atoms. The Morgan fingerprint density at radius 2 is 1.94 bits per heavy atom. The molecule has 4 nitrogen and oxygen atoms in total. The van der Waals surface area contributed by atoms with Gasteiger partial charge in [0.05, 0.1) is 12.6 Å². The van der Waals surface area contributed by atoms with E-state index in [0.717, 1.165) is 32.2 Å². The van der Waals surface area contributed by atoms with Gasteiger partial charge in [-0.15, -0.1) is 12.4 Å². The molecule has 0 aromatic carbocycles. The van der Waals surface area contributed by atoms with Gasteiger partial charge >= 0.3 is 0 Å². The fraction of sp³-hybridized carbons (Fsp3) is 0.909. The van der Waals surface area contributed by atoms with Crippen LogP contribution in [0.1, 0.15) is 32.6 Å². The largest absolute Gasteiger partial charge is 0.393 e. The van der Waals surface area contributed by atoms with Crippen LogP contribution in [0.4, 0.5) is 0 Å². The van der Waals surface area contributed by atoms with Crippen LogP contribution in [0.25, 0.3) is 0 Å². The summed E-state index contributed by atoms with van der Waals surface area (Å²) in [4.78, 5) is 13.7. The van der Waals surface area contributed by atoms with Gasteiger partial charge in [-0.3, -0.25) is 4.79 Å². The standard InChI is InChI=1S/C11H20N2O2.ClH/c1-8-7-13(11(15)6-12-8)9-2-4-10(14)5-3-9;/h8-10,12,14H,2-7H2,1H3;1H/t8-,9-,10-;/m1./s1. The van der Waals surface area contributed by atoms with E-state index in [2.05, 4.69) is 12.2 Å². The summed E-state index contributed by atoms with van der Waals surface area (Å²) < 4.78 is 0. The molecule has 0 aromatic heterocycles. The fourth-order valence-electron chi connectivity index (χ4n) is 2.55. The van der Waals surface area contributed by atoms with Crippen LogP contribution in [0.3, 0.4) is 0 Å². The molecule has 2 N–H and O–H groups in total. The van der Waals surface area contributed by atoms with E-state index < -0.39 is 0 Å². The predicted molar refractivity (Wildman–Crippen MR) is 64.7 cm³/mol. The highest BCUT2D eigenvalue weighted by Crippen LogP contribution is 2.24. The molecule has 0 unspecified atom stereocenters. The van der Waals surface area contributed by atoms with E-state index in [1.165, 1.54) is 0 Å². The van der Waals surface area contributed by atoms with Crippen molar-refractivity contribution in [3.8, 4) is 0 Å². The molecule has 1 atom stereocenters. The molecule has 1 saturated carbocycles. The number of halogens is 1. The van der Waals surface area contributed by atoms with Crippen molar-refractivity contribution in [1.82, 2.24) is 10.2 Å². The smallest absolute Gasteiger partial charge is 0.236 e. The van der Waals surface area contributed by atoms with Crippen LogP contribution < -0.4 is 5.32 Å². The van der Waals surface area contributed by atoms with Crippen LogP contribution in [-0.2, 0) is 4.79 Å². The van der Waals surface area contributed by atoms with Crippen molar-refractivity contribution in [1.29, 1.82) is 0 Å². The number of aliphatic hydroxyl groups excluding tert-OH is 1. The SMILES string of the molecule is C[C@@H]1CN([C@H]2CC[C@H](O)CC2)C(=O)CN1.Cl. The second kappa shape index (κ2) is 5.84. The lowest BCUT2D eigenvalue weighted by Gasteiger charge is -2.40. The second-order valence-corrected chi connectivity index (χ2v) is 4.79. The number of carbonyl (C=O) groups excluding carboxylic acids is 1. The Morgan fingerprint density at radius 3 is 2.56 bits per heavy atom. The maximum absolute atomic E-state index is 11.7. The minimum absolute atomic E-state index is 0. The first-order valence-corrected chi connectivity index (χ1v) is 5.87. The van der Waals surface area contributed by atoms with Crippen molar-refractivity contribution in [2.45, 2.75) is 50.8 Å². The van der Waals surface area contributed by atoms with Gasteiger partial charge < -0.3 is 15.3 Å². The Morgan fingerprint density at radius 1 is 1.31 bits per heavy atom. The van der Waals surface area contributed by atoms with Gasteiger partial charge in [0.2, 0.25) is 5.91 Å². The molecule has 1 amide bonds. The zero-order valence-electron chi connectivity index (χ0n) is 9.69. The van der Waals surface area contributed by atoms with E-state index in [4.69, 9.17) is 0 Å². The van der Waals surface area contributed by atoms with Gasteiger partial charge in [0, 0.05) is 18.6 Å². The van der Waals surface area contributed by atoms with Gasteiger partial charge in [-0.2, -0.15) is 0 Å².